The third kappa shape index (κ3) is 4.04. The summed E-state index contributed by atoms with van der Waals surface area (Å²) in [5.74, 6) is -0.325. The minimum absolute atomic E-state index is 0.297. The highest BCUT2D eigenvalue weighted by Gasteiger charge is 2.71. The van der Waals surface area contributed by atoms with E-state index in [1.807, 2.05) is 59.5 Å². The van der Waals surface area contributed by atoms with E-state index < -0.39 is 29.3 Å². The van der Waals surface area contributed by atoms with Crippen LogP contribution in [-0.2, 0) is 10.2 Å². The number of hydrogen-bond acceptors (Lipinski definition) is 8. The summed E-state index contributed by atoms with van der Waals surface area (Å²) < 4.78 is 21.9. The molecular formula is C37H32N2O7. The molecule has 46 heavy (non-hydrogen) atoms. The lowest BCUT2D eigenvalue weighted by atomic mass is 9.63. The molecule has 1 spiro atoms. The smallest absolute Gasteiger partial charge is 0.238 e. The maximum Gasteiger partial charge on any atom is 0.238 e. The lowest BCUT2D eigenvalue weighted by molar-refractivity contribution is -0.121. The lowest BCUT2D eigenvalue weighted by Gasteiger charge is -2.37. The Hall–Kier alpha value is -5.57. The van der Waals surface area contributed by atoms with Crippen molar-refractivity contribution >= 4 is 34.9 Å². The number of para-hydroxylation sites is 2. The zero-order valence-electron chi connectivity index (χ0n) is 25.8. The fourth-order valence-electron chi connectivity index (χ4n) is 7.45. The normalized spacial score (nSPS) is 22.0. The van der Waals surface area contributed by atoms with Gasteiger partial charge in [0.05, 0.1) is 40.4 Å². The molecule has 9 nitrogen and oxygen atoms in total. The van der Waals surface area contributed by atoms with Crippen LogP contribution in [0.1, 0.15) is 31.8 Å². The number of amides is 1. The Bertz CT molecular complexity index is 1930. The summed E-state index contributed by atoms with van der Waals surface area (Å²) in [5.41, 5.74) is 1.86. The largest absolute Gasteiger partial charge is 0.493 e. The predicted molar refractivity (Wildman–Crippen MR) is 174 cm³/mol. The summed E-state index contributed by atoms with van der Waals surface area (Å²) in [6, 6.07) is 23.2. The first-order chi connectivity index (χ1) is 22.4. The van der Waals surface area contributed by atoms with Gasteiger partial charge in [0.25, 0.3) is 0 Å². The second-order valence-corrected chi connectivity index (χ2v) is 11.4. The molecule has 0 aliphatic carbocycles. The molecule has 0 radical (unpaired) electrons. The quantitative estimate of drug-likeness (QED) is 0.256. The van der Waals surface area contributed by atoms with Crippen molar-refractivity contribution in [1.82, 2.24) is 0 Å². The van der Waals surface area contributed by atoms with E-state index in [2.05, 4.69) is 5.32 Å². The minimum Gasteiger partial charge on any atom is -0.493 e. The molecule has 1 fully saturated rings. The first kappa shape index (κ1) is 29.2. The van der Waals surface area contributed by atoms with Crippen LogP contribution in [0.5, 0.6) is 23.0 Å². The first-order valence-corrected chi connectivity index (χ1v) is 14.9. The average Bonchev–Trinajstić information content (AvgIpc) is 3.58. The lowest BCUT2D eigenvalue weighted by Crippen LogP contribution is -2.55. The van der Waals surface area contributed by atoms with Crippen LogP contribution in [0.15, 0.2) is 91.0 Å². The maximum atomic E-state index is 15.1. The number of carbonyl (C=O) groups excluding carboxylic acids is 3. The standard InChI is InChI=1S/C37H32N2O7/c1-43-28-17-14-22(19-30(28)45-3)33(40)32-27-16-13-21-9-5-8-12-26(21)39(27)35(34(41)23-15-18-29(44-2)31(20-23)46-4)37(32)24-10-6-7-11-25(24)38-36(37)42/h5-20,27,32,35H,1-4H3,(H,38,42)/t27-,32-,35+,37+/m1/s1. The minimum atomic E-state index is -1.60. The van der Waals surface area contributed by atoms with Gasteiger partial charge in [-0.05, 0) is 59.7 Å². The van der Waals surface area contributed by atoms with Crippen LogP contribution in [0.3, 0.4) is 0 Å². The van der Waals surface area contributed by atoms with Gasteiger partial charge in [-0.1, -0.05) is 48.6 Å². The number of carbonyl (C=O) groups is 3. The van der Waals surface area contributed by atoms with Gasteiger partial charge in [0.2, 0.25) is 5.91 Å². The summed E-state index contributed by atoms with van der Waals surface area (Å²) in [4.78, 5) is 46.7. The van der Waals surface area contributed by atoms with E-state index in [4.69, 9.17) is 18.9 Å². The third-order valence-corrected chi connectivity index (χ3v) is 9.41. The number of ketones is 2. The van der Waals surface area contributed by atoms with E-state index >= 15 is 9.59 Å². The van der Waals surface area contributed by atoms with Crippen LogP contribution >= 0.6 is 0 Å². The number of rotatable bonds is 8. The molecule has 9 heteroatoms. The van der Waals surface area contributed by atoms with E-state index in [0.717, 1.165) is 11.3 Å². The van der Waals surface area contributed by atoms with E-state index in [1.165, 1.54) is 28.4 Å². The van der Waals surface area contributed by atoms with E-state index in [1.54, 1.807) is 42.5 Å². The average molecular weight is 617 g/mol. The fourth-order valence-corrected chi connectivity index (χ4v) is 7.45. The molecule has 4 aromatic rings. The molecule has 1 saturated heterocycles. The molecule has 7 rings (SSSR count). The fraction of sp³-hybridized carbons (Fsp3) is 0.216. The Balaban J connectivity index is 1.51. The number of nitrogens with one attached hydrogen (secondary N) is 1. The van der Waals surface area contributed by atoms with Crippen LogP contribution in [0.25, 0.3) is 6.08 Å². The zero-order chi connectivity index (χ0) is 32.2. The topological polar surface area (TPSA) is 103 Å². The van der Waals surface area contributed by atoms with E-state index in [-0.39, 0.29) is 11.6 Å². The highest BCUT2D eigenvalue weighted by molar-refractivity contribution is 6.20. The van der Waals surface area contributed by atoms with Crippen LogP contribution in [-0.4, -0.2) is 58.0 Å². The maximum absolute atomic E-state index is 15.1. The Morgan fingerprint density at radius 1 is 0.717 bits per heavy atom. The molecule has 3 heterocycles. The Labute approximate surface area is 266 Å². The van der Waals surface area contributed by atoms with Crippen molar-refractivity contribution in [2.75, 3.05) is 38.7 Å². The van der Waals surface area contributed by atoms with Crippen LogP contribution < -0.4 is 29.2 Å². The van der Waals surface area contributed by atoms with Crippen molar-refractivity contribution in [2.45, 2.75) is 17.5 Å². The van der Waals surface area contributed by atoms with Crippen molar-refractivity contribution in [3.05, 3.63) is 113 Å². The zero-order valence-corrected chi connectivity index (χ0v) is 25.8. The number of benzene rings is 4. The number of anilines is 2. The number of ether oxygens (including phenoxy) is 4. The molecular weight excluding hydrogens is 584 g/mol. The Kier molecular flexibility index (Phi) is 7.04. The van der Waals surface area contributed by atoms with Crippen LogP contribution in [0, 0.1) is 5.92 Å². The SMILES string of the molecule is COc1ccc(C(=O)[C@@H]2N3c4ccccc4C=C[C@@H]3[C@H](C(=O)c3ccc(OC)c(OC)c3)[C@]23C(=O)Nc2ccccc23)cc1OC. The molecule has 4 atom stereocenters. The number of fused-ring (bicyclic) bond motifs is 5. The van der Waals surface area contributed by atoms with Crippen molar-refractivity contribution in [3.8, 4) is 23.0 Å². The predicted octanol–water partition coefficient (Wildman–Crippen LogP) is 5.58. The van der Waals surface area contributed by atoms with E-state index in [9.17, 15) is 4.79 Å². The molecule has 1 amide bonds. The molecule has 1 N–H and O–H groups in total. The van der Waals surface area contributed by atoms with Gasteiger partial charge in [-0.3, -0.25) is 14.4 Å². The summed E-state index contributed by atoms with van der Waals surface area (Å²) in [6.45, 7) is 0. The van der Waals surface area contributed by atoms with Gasteiger partial charge >= 0.3 is 0 Å². The van der Waals surface area contributed by atoms with Crippen molar-refractivity contribution in [2.24, 2.45) is 5.92 Å². The van der Waals surface area contributed by atoms with Gasteiger partial charge in [-0.2, -0.15) is 0 Å². The molecule has 3 aliphatic heterocycles. The molecule has 0 aromatic heterocycles. The van der Waals surface area contributed by atoms with Crippen LogP contribution in [0.4, 0.5) is 11.4 Å². The van der Waals surface area contributed by atoms with Gasteiger partial charge < -0.3 is 29.2 Å². The van der Waals surface area contributed by atoms with Gasteiger partial charge in [-0.25, -0.2) is 0 Å². The molecule has 0 saturated carbocycles. The number of hydrogen-bond donors (Lipinski definition) is 1. The highest BCUT2D eigenvalue weighted by Crippen LogP contribution is 2.58. The third-order valence-electron chi connectivity index (χ3n) is 9.41. The molecule has 0 bridgehead atoms. The Morgan fingerprint density at radius 2 is 1.30 bits per heavy atom. The van der Waals surface area contributed by atoms with Gasteiger partial charge in [-0.15, -0.1) is 0 Å². The highest BCUT2D eigenvalue weighted by atomic mass is 16.5. The molecule has 0 unspecified atom stereocenters. The summed E-state index contributed by atoms with van der Waals surface area (Å²) in [7, 11) is 6.06. The van der Waals surface area contributed by atoms with Gasteiger partial charge in [0.1, 0.15) is 11.5 Å². The molecule has 232 valence electrons. The van der Waals surface area contributed by atoms with Gasteiger partial charge in [0.15, 0.2) is 34.6 Å². The summed E-state index contributed by atoms with van der Waals surface area (Å²) >= 11 is 0. The first-order valence-electron chi connectivity index (χ1n) is 14.9. The molecule has 3 aliphatic rings. The van der Waals surface area contributed by atoms with Crippen molar-refractivity contribution in [3.63, 3.8) is 0 Å². The van der Waals surface area contributed by atoms with Crippen molar-refractivity contribution < 1.29 is 33.3 Å². The van der Waals surface area contributed by atoms with Gasteiger partial charge in [0, 0.05) is 22.5 Å². The van der Waals surface area contributed by atoms with Crippen LogP contribution in [0.2, 0.25) is 0 Å². The monoisotopic (exact) mass is 616 g/mol. The van der Waals surface area contributed by atoms with E-state index in [0.29, 0.717) is 45.4 Å². The number of methoxy groups -OCH3 is 4. The number of nitrogens with zero attached hydrogens (tertiary/aromatic N) is 1. The second-order valence-electron chi connectivity index (χ2n) is 11.4. The summed E-state index contributed by atoms with van der Waals surface area (Å²) in [6.07, 6.45) is 3.89. The molecule has 4 aromatic carbocycles. The second kappa shape index (κ2) is 11.1. The Morgan fingerprint density at radius 3 is 1.96 bits per heavy atom. The number of Topliss-reactive ketones (excluding diaryl/α,β-unsaturated/α-hetero) is 2. The van der Waals surface area contributed by atoms with Crippen molar-refractivity contribution in [1.29, 1.82) is 0 Å². The summed E-state index contributed by atoms with van der Waals surface area (Å²) in [5, 5.41) is 3.03.